The molecule has 0 N–H and O–H groups in total. The Morgan fingerprint density at radius 3 is 1.28 bits per heavy atom. The van der Waals surface area contributed by atoms with E-state index >= 15 is 0 Å². The average Bonchev–Trinajstić information content (AvgIpc) is 2.32. The van der Waals surface area contributed by atoms with Crippen molar-refractivity contribution >= 4 is 0 Å². The quantitative estimate of drug-likeness (QED) is 0.568. The van der Waals surface area contributed by atoms with Gasteiger partial charge in [-0.15, -0.1) is 0 Å². The summed E-state index contributed by atoms with van der Waals surface area (Å²) in [6.45, 7) is 29.2. The van der Waals surface area contributed by atoms with Gasteiger partial charge in [-0.25, -0.2) is 0 Å². The van der Waals surface area contributed by atoms with Crippen LogP contribution in [0.15, 0.2) is 0 Å². The Bertz CT molecular complexity index is 425. The van der Waals surface area contributed by atoms with Gasteiger partial charge in [0.25, 0.3) is 0 Å². The van der Waals surface area contributed by atoms with Crippen LogP contribution in [0.4, 0.5) is 0 Å². The van der Waals surface area contributed by atoms with Crippen LogP contribution in [0.1, 0.15) is 83.1 Å². The van der Waals surface area contributed by atoms with E-state index in [0.29, 0.717) is 24.4 Å². The van der Waals surface area contributed by atoms with Gasteiger partial charge in [0.05, 0.1) is 18.8 Å². The van der Waals surface area contributed by atoms with E-state index in [4.69, 9.17) is 9.47 Å². The molecular weight excluding hydrogens is 308 g/mol. The molecule has 2 nitrogen and oxygen atoms in total. The Hall–Kier alpha value is -0.0800. The van der Waals surface area contributed by atoms with Gasteiger partial charge in [0.1, 0.15) is 0 Å². The maximum atomic E-state index is 6.87. The molecule has 0 saturated carbocycles. The van der Waals surface area contributed by atoms with Crippen LogP contribution in [0.25, 0.3) is 0 Å². The van der Waals surface area contributed by atoms with Crippen LogP contribution in [-0.2, 0) is 9.47 Å². The summed E-state index contributed by atoms with van der Waals surface area (Å²) >= 11 is 0. The Kier molecular flexibility index (Phi) is 6.57. The number of hydrogen-bond acceptors (Lipinski definition) is 2. The summed E-state index contributed by atoms with van der Waals surface area (Å²) in [5, 5.41) is 0. The second-order valence-electron chi connectivity index (χ2n) is 12.6. The molecular formula is C23H46O2. The van der Waals surface area contributed by atoms with Gasteiger partial charge in [0.15, 0.2) is 0 Å². The molecule has 150 valence electrons. The van der Waals surface area contributed by atoms with Crippen LogP contribution >= 0.6 is 0 Å². The van der Waals surface area contributed by atoms with Gasteiger partial charge in [-0.05, 0) is 39.4 Å². The molecule has 5 atom stereocenters. The molecule has 1 aliphatic heterocycles. The summed E-state index contributed by atoms with van der Waals surface area (Å²) < 4.78 is 12.5. The van der Waals surface area contributed by atoms with E-state index in [-0.39, 0.29) is 33.9 Å². The van der Waals surface area contributed by atoms with Gasteiger partial charge in [-0.1, -0.05) is 83.1 Å². The van der Waals surface area contributed by atoms with Crippen molar-refractivity contribution in [2.75, 3.05) is 13.7 Å². The first-order valence-electron chi connectivity index (χ1n) is 10.1. The third-order valence-corrected chi connectivity index (χ3v) is 6.01. The standard InChI is InChI=1S/C23H46O2/c1-20(2,3)16-15(14-24-13)25-19(23(10,11)12)18(22(7,8)9)17(16)21(4,5)6/h15-19H,14H2,1-13H3/t15?,16-,17+,18?,19?/m1/s1. The first kappa shape index (κ1) is 23.0. The highest BCUT2D eigenvalue weighted by Gasteiger charge is 2.58. The number of hydrogen-bond donors (Lipinski definition) is 0. The summed E-state index contributed by atoms with van der Waals surface area (Å²) in [7, 11) is 1.80. The monoisotopic (exact) mass is 354 g/mol. The second kappa shape index (κ2) is 7.15. The van der Waals surface area contributed by atoms with Gasteiger partial charge in [0.2, 0.25) is 0 Å². The number of rotatable bonds is 2. The topological polar surface area (TPSA) is 18.5 Å². The molecule has 0 aromatic carbocycles. The zero-order chi connectivity index (χ0) is 20.0. The molecule has 0 bridgehead atoms. The van der Waals surface area contributed by atoms with E-state index in [2.05, 4.69) is 83.1 Å². The van der Waals surface area contributed by atoms with E-state index in [1.165, 1.54) is 0 Å². The van der Waals surface area contributed by atoms with E-state index in [9.17, 15) is 0 Å². The van der Waals surface area contributed by atoms with Crippen molar-refractivity contribution in [2.45, 2.75) is 95.3 Å². The molecule has 1 saturated heterocycles. The highest BCUT2D eigenvalue weighted by Crippen LogP contribution is 2.58. The van der Waals surface area contributed by atoms with Gasteiger partial charge in [-0.2, -0.15) is 0 Å². The Labute approximate surface area is 158 Å². The summed E-state index contributed by atoms with van der Waals surface area (Å²) in [6.07, 6.45) is 0.382. The van der Waals surface area contributed by atoms with Gasteiger partial charge in [0, 0.05) is 7.11 Å². The molecule has 0 aromatic heterocycles. The maximum absolute atomic E-state index is 6.87. The Balaban J connectivity index is 3.62. The molecule has 0 aromatic rings. The van der Waals surface area contributed by atoms with Crippen molar-refractivity contribution in [1.29, 1.82) is 0 Å². The number of ether oxygens (including phenoxy) is 2. The van der Waals surface area contributed by atoms with Crippen LogP contribution in [0.3, 0.4) is 0 Å². The first-order chi connectivity index (χ1) is 10.9. The minimum atomic E-state index is 0.107. The van der Waals surface area contributed by atoms with Crippen molar-refractivity contribution in [3.63, 3.8) is 0 Å². The molecule has 0 aliphatic carbocycles. The van der Waals surface area contributed by atoms with Crippen molar-refractivity contribution in [3.8, 4) is 0 Å². The molecule has 2 heteroatoms. The van der Waals surface area contributed by atoms with Crippen molar-refractivity contribution in [2.24, 2.45) is 39.4 Å². The summed E-state index contributed by atoms with van der Waals surface area (Å²) in [5.41, 5.74) is 0.691. The molecule has 25 heavy (non-hydrogen) atoms. The minimum absolute atomic E-state index is 0.107. The summed E-state index contributed by atoms with van der Waals surface area (Å²) in [6, 6.07) is 0. The first-order valence-corrected chi connectivity index (χ1v) is 10.1. The van der Waals surface area contributed by atoms with Crippen molar-refractivity contribution < 1.29 is 9.47 Å². The smallest absolute Gasteiger partial charge is 0.0848 e. The fourth-order valence-electron chi connectivity index (χ4n) is 5.22. The van der Waals surface area contributed by atoms with Crippen molar-refractivity contribution in [3.05, 3.63) is 0 Å². The zero-order valence-electron chi connectivity index (χ0n) is 19.4. The van der Waals surface area contributed by atoms with E-state index in [0.717, 1.165) is 0 Å². The van der Waals surface area contributed by atoms with Crippen LogP contribution in [0.2, 0.25) is 0 Å². The molecule has 0 amide bonds. The van der Waals surface area contributed by atoms with Crippen LogP contribution < -0.4 is 0 Å². The predicted molar refractivity (Wildman–Crippen MR) is 109 cm³/mol. The Morgan fingerprint density at radius 2 is 1.00 bits per heavy atom. The molecule has 1 aliphatic rings. The lowest BCUT2D eigenvalue weighted by Crippen LogP contribution is -2.62. The van der Waals surface area contributed by atoms with E-state index < -0.39 is 0 Å². The molecule has 1 heterocycles. The van der Waals surface area contributed by atoms with Crippen LogP contribution in [0, 0.1) is 39.4 Å². The van der Waals surface area contributed by atoms with Gasteiger partial charge >= 0.3 is 0 Å². The molecule has 0 spiro atoms. The lowest BCUT2D eigenvalue weighted by atomic mass is 9.50. The lowest BCUT2D eigenvalue weighted by Gasteiger charge is -2.61. The predicted octanol–water partition coefficient (Wildman–Crippen LogP) is 6.43. The number of methoxy groups -OCH3 is 1. The minimum Gasteiger partial charge on any atom is -0.382 e. The highest BCUT2D eigenvalue weighted by molar-refractivity contribution is 5.05. The van der Waals surface area contributed by atoms with Gasteiger partial charge in [-0.3, -0.25) is 0 Å². The van der Waals surface area contributed by atoms with Crippen LogP contribution in [0.5, 0.6) is 0 Å². The Morgan fingerprint density at radius 1 is 0.600 bits per heavy atom. The summed E-state index contributed by atoms with van der Waals surface area (Å²) in [4.78, 5) is 0. The normalized spacial score (nSPS) is 32.8. The van der Waals surface area contributed by atoms with E-state index in [1.807, 2.05) is 0 Å². The van der Waals surface area contributed by atoms with Crippen molar-refractivity contribution in [1.82, 2.24) is 0 Å². The molecule has 0 radical (unpaired) electrons. The second-order valence-corrected chi connectivity index (χ2v) is 12.6. The SMILES string of the molecule is COCC1OC(C(C)(C)C)C(C(C)(C)C)[C@@H](C(C)(C)C)[C@@H]1C(C)(C)C. The molecule has 3 unspecified atom stereocenters. The zero-order valence-corrected chi connectivity index (χ0v) is 19.4. The molecule has 1 rings (SSSR count). The molecule has 1 fully saturated rings. The maximum Gasteiger partial charge on any atom is 0.0848 e. The van der Waals surface area contributed by atoms with E-state index in [1.54, 1.807) is 7.11 Å². The van der Waals surface area contributed by atoms with Gasteiger partial charge < -0.3 is 9.47 Å². The fourth-order valence-corrected chi connectivity index (χ4v) is 5.22. The average molecular weight is 355 g/mol. The third-order valence-electron chi connectivity index (χ3n) is 6.01. The largest absolute Gasteiger partial charge is 0.382 e. The van der Waals surface area contributed by atoms with Crippen LogP contribution in [-0.4, -0.2) is 25.9 Å². The highest BCUT2D eigenvalue weighted by atomic mass is 16.5. The fraction of sp³-hybridized carbons (Fsp3) is 1.00. The third kappa shape index (κ3) is 5.22. The summed E-state index contributed by atoms with van der Waals surface area (Å²) in [5.74, 6) is 1.55. The lowest BCUT2D eigenvalue weighted by molar-refractivity contribution is -0.250.